The second kappa shape index (κ2) is 17.3. The number of benzene rings is 4. The maximum Gasteiger partial charge on any atom is 0.354 e. The standard InChI is InChI=1S/C40H48NO7P/c1-8-39(42)47-38-20-19-32(23-35(38)27(2)3)24-36-29(6)21-34(22-30(36)7)45-26-49(44,48-33-17-13-10-14-18-33)41-37(40(43)46-28(4)5)25-31-15-11-9-12-16-31/h9-23,27-28,37H,8,24-26H2,1-7H3,(H,41,44)/t37-,49?/m0/s1. The summed E-state index contributed by atoms with van der Waals surface area (Å²) in [6.45, 7) is 13.5. The zero-order chi connectivity index (χ0) is 35.6. The Bertz CT molecular complexity index is 1730. The molecule has 0 radical (unpaired) electrons. The van der Waals surface area contributed by atoms with E-state index in [4.69, 9.17) is 18.7 Å². The zero-order valence-electron chi connectivity index (χ0n) is 29.5. The van der Waals surface area contributed by atoms with E-state index in [9.17, 15) is 14.2 Å². The first-order valence-corrected chi connectivity index (χ1v) is 18.6. The van der Waals surface area contributed by atoms with Crippen LogP contribution in [0.15, 0.2) is 91.0 Å². The van der Waals surface area contributed by atoms with Gasteiger partial charge in [-0.25, -0.2) is 5.09 Å². The van der Waals surface area contributed by atoms with Crippen LogP contribution in [0.1, 0.15) is 80.3 Å². The highest BCUT2D eigenvalue weighted by Crippen LogP contribution is 2.44. The Morgan fingerprint density at radius 2 is 1.43 bits per heavy atom. The predicted octanol–water partition coefficient (Wildman–Crippen LogP) is 9.09. The van der Waals surface area contributed by atoms with E-state index in [1.165, 1.54) is 0 Å². The molecule has 1 unspecified atom stereocenters. The fourth-order valence-electron chi connectivity index (χ4n) is 5.45. The molecule has 0 aliphatic carbocycles. The molecule has 49 heavy (non-hydrogen) atoms. The summed E-state index contributed by atoms with van der Waals surface area (Å²) in [6.07, 6.45) is 0.569. The normalized spacial score (nSPS) is 13.1. The summed E-state index contributed by atoms with van der Waals surface area (Å²) in [5.74, 6) is 0.918. The first kappa shape index (κ1) is 37.4. The van der Waals surface area contributed by atoms with Crippen LogP contribution in [0, 0.1) is 13.8 Å². The van der Waals surface area contributed by atoms with E-state index in [0.29, 0.717) is 30.1 Å². The van der Waals surface area contributed by atoms with Gasteiger partial charge in [0.05, 0.1) is 6.10 Å². The number of para-hydroxylation sites is 1. The number of ether oxygens (including phenoxy) is 3. The van der Waals surface area contributed by atoms with Crippen molar-refractivity contribution in [3.8, 4) is 17.2 Å². The highest BCUT2D eigenvalue weighted by atomic mass is 31.2. The van der Waals surface area contributed by atoms with Gasteiger partial charge in [0.1, 0.15) is 23.3 Å². The van der Waals surface area contributed by atoms with Gasteiger partial charge in [-0.3, -0.25) is 14.2 Å². The second-order valence-corrected chi connectivity index (χ2v) is 14.8. The molecule has 0 saturated carbocycles. The summed E-state index contributed by atoms with van der Waals surface area (Å²) < 4.78 is 37.9. The van der Waals surface area contributed by atoms with Crippen LogP contribution in [-0.2, 0) is 31.7 Å². The Balaban J connectivity index is 1.57. The van der Waals surface area contributed by atoms with Crippen molar-refractivity contribution in [2.75, 3.05) is 6.35 Å². The smallest absolute Gasteiger partial charge is 0.354 e. The summed E-state index contributed by atoms with van der Waals surface area (Å²) in [4.78, 5) is 25.2. The fraction of sp³-hybridized carbons (Fsp3) is 0.350. The fourth-order valence-corrected chi connectivity index (χ4v) is 7.08. The third-order valence-corrected chi connectivity index (χ3v) is 9.61. The number of carbonyl (C=O) groups is 2. The molecule has 260 valence electrons. The lowest BCUT2D eigenvalue weighted by atomic mass is 9.93. The van der Waals surface area contributed by atoms with Crippen LogP contribution in [0.25, 0.3) is 0 Å². The Labute approximate surface area is 290 Å². The van der Waals surface area contributed by atoms with Crippen molar-refractivity contribution in [3.05, 3.63) is 124 Å². The number of rotatable bonds is 16. The van der Waals surface area contributed by atoms with Gasteiger partial charge in [-0.1, -0.05) is 81.4 Å². The summed E-state index contributed by atoms with van der Waals surface area (Å²) >= 11 is 0. The van der Waals surface area contributed by atoms with Gasteiger partial charge in [-0.05, 0) is 110 Å². The van der Waals surface area contributed by atoms with Gasteiger partial charge in [0, 0.05) is 6.42 Å². The highest BCUT2D eigenvalue weighted by molar-refractivity contribution is 7.57. The molecular weight excluding hydrogens is 637 g/mol. The first-order valence-electron chi connectivity index (χ1n) is 16.8. The topological polar surface area (TPSA) is 100 Å². The molecule has 0 bridgehead atoms. The van der Waals surface area contributed by atoms with Gasteiger partial charge in [-0.2, -0.15) is 0 Å². The number of aryl methyl sites for hydroxylation is 2. The van der Waals surface area contributed by atoms with Gasteiger partial charge < -0.3 is 18.7 Å². The molecule has 4 rings (SSSR count). The lowest BCUT2D eigenvalue weighted by Gasteiger charge is -2.26. The molecule has 0 fully saturated rings. The summed E-state index contributed by atoms with van der Waals surface area (Å²) in [5.41, 5.74) is 6.13. The van der Waals surface area contributed by atoms with Crippen LogP contribution in [0.3, 0.4) is 0 Å². The lowest BCUT2D eigenvalue weighted by molar-refractivity contribution is -0.149. The van der Waals surface area contributed by atoms with Crippen molar-refractivity contribution >= 4 is 19.5 Å². The van der Waals surface area contributed by atoms with E-state index in [-0.39, 0.29) is 30.8 Å². The van der Waals surface area contributed by atoms with Crippen molar-refractivity contribution in [2.45, 2.75) is 85.8 Å². The molecule has 0 spiro atoms. The molecule has 4 aromatic carbocycles. The van der Waals surface area contributed by atoms with E-state index in [2.05, 4.69) is 25.0 Å². The van der Waals surface area contributed by atoms with Crippen molar-refractivity contribution in [1.29, 1.82) is 0 Å². The molecule has 0 amide bonds. The zero-order valence-corrected chi connectivity index (χ0v) is 30.4. The number of carbonyl (C=O) groups excluding carboxylic acids is 2. The Kier molecular flexibility index (Phi) is 13.2. The molecule has 0 heterocycles. The maximum atomic E-state index is 14.5. The summed E-state index contributed by atoms with van der Waals surface area (Å²) in [6, 6.07) is 27.2. The van der Waals surface area contributed by atoms with Gasteiger partial charge in [0.25, 0.3) is 0 Å². The van der Waals surface area contributed by atoms with E-state index in [1.807, 2.05) is 74.5 Å². The SMILES string of the molecule is CCC(=O)Oc1ccc(Cc2c(C)cc(OCP(=O)(N[C@@H](Cc3ccccc3)C(=O)OC(C)C)Oc3ccccc3)cc2C)cc1C(C)C. The maximum absolute atomic E-state index is 14.5. The summed E-state index contributed by atoms with van der Waals surface area (Å²) in [7, 11) is -3.84. The van der Waals surface area contributed by atoms with Gasteiger partial charge in [0.15, 0.2) is 6.35 Å². The van der Waals surface area contributed by atoms with Crippen molar-refractivity contribution in [3.63, 3.8) is 0 Å². The van der Waals surface area contributed by atoms with Gasteiger partial charge in [0.2, 0.25) is 0 Å². The number of nitrogens with one attached hydrogen (secondary N) is 1. The average molecular weight is 686 g/mol. The molecule has 1 N–H and O–H groups in total. The molecule has 2 atom stereocenters. The van der Waals surface area contributed by atoms with Crippen LogP contribution >= 0.6 is 7.52 Å². The number of esters is 2. The summed E-state index contributed by atoms with van der Waals surface area (Å²) in [5, 5.41) is 3.01. The minimum atomic E-state index is -3.84. The van der Waals surface area contributed by atoms with Crippen LogP contribution in [0.5, 0.6) is 17.2 Å². The van der Waals surface area contributed by atoms with Crippen LogP contribution < -0.4 is 19.1 Å². The van der Waals surface area contributed by atoms with Crippen molar-refractivity contribution in [2.24, 2.45) is 0 Å². The first-order chi connectivity index (χ1) is 23.4. The number of hydrogen-bond acceptors (Lipinski definition) is 7. The third kappa shape index (κ3) is 11.1. The van der Waals surface area contributed by atoms with E-state index >= 15 is 0 Å². The van der Waals surface area contributed by atoms with Crippen molar-refractivity contribution < 1.29 is 32.9 Å². The lowest BCUT2D eigenvalue weighted by Crippen LogP contribution is -2.40. The molecule has 0 aromatic heterocycles. The van der Waals surface area contributed by atoms with E-state index < -0.39 is 19.5 Å². The van der Waals surface area contributed by atoms with E-state index in [0.717, 1.165) is 33.4 Å². The molecule has 4 aromatic rings. The van der Waals surface area contributed by atoms with Gasteiger partial charge >= 0.3 is 19.5 Å². The molecular formula is C40H48NO7P. The Hall–Kier alpha value is -4.39. The highest BCUT2D eigenvalue weighted by Gasteiger charge is 2.34. The van der Waals surface area contributed by atoms with Gasteiger partial charge in [-0.15, -0.1) is 0 Å². The second-order valence-electron chi connectivity index (χ2n) is 12.8. The van der Waals surface area contributed by atoms with Crippen LogP contribution in [-0.4, -0.2) is 30.4 Å². The minimum Gasteiger partial charge on any atom is -0.481 e. The van der Waals surface area contributed by atoms with E-state index in [1.54, 1.807) is 45.0 Å². The average Bonchev–Trinajstić information content (AvgIpc) is 3.06. The quantitative estimate of drug-likeness (QED) is 0.0709. The molecule has 0 aliphatic rings. The Morgan fingerprint density at radius 3 is 2.02 bits per heavy atom. The van der Waals surface area contributed by atoms with Crippen molar-refractivity contribution in [1.82, 2.24) is 5.09 Å². The minimum absolute atomic E-state index is 0.180. The molecule has 8 nitrogen and oxygen atoms in total. The molecule has 0 saturated heterocycles. The Morgan fingerprint density at radius 1 is 0.796 bits per heavy atom. The molecule has 9 heteroatoms. The largest absolute Gasteiger partial charge is 0.481 e. The van der Waals surface area contributed by atoms with Crippen LogP contribution in [0.4, 0.5) is 0 Å². The number of hydrogen-bond donors (Lipinski definition) is 1. The predicted molar refractivity (Wildman–Crippen MR) is 194 cm³/mol. The van der Waals surface area contributed by atoms with Crippen LogP contribution in [0.2, 0.25) is 0 Å². The molecule has 0 aliphatic heterocycles. The third-order valence-electron chi connectivity index (χ3n) is 7.93. The monoisotopic (exact) mass is 685 g/mol.